The van der Waals surface area contributed by atoms with Crippen molar-refractivity contribution in [2.45, 2.75) is 51.4 Å². The lowest BCUT2D eigenvalue weighted by Gasteiger charge is -2.34. The summed E-state index contributed by atoms with van der Waals surface area (Å²) in [7, 11) is 0. The summed E-state index contributed by atoms with van der Waals surface area (Å²) in [6.07, 6.45) is 7.23. The summed E-state index contributed by atoms with van der Waals surface area (Å²) in [4.78, 5) is 49.3. The Kier molecular flexibility index (Phi) is 6.79. The van der Waals surface area contributed by atoms with Crippen LogP contribution in [0, 0.1) is 11.7 Å². The SMILES string of the molecule is CC(=O)c1nn(CC(=O)N2[C@@H]3CC[C@@H](C3)[C@H]2C(=O)NCc2cccc(Cl)c2F)c2ccc(-c3cncnc3)cc12. The molecule has 3 heterocycles. The van der Waals surface area contributed by atoms with E-state index >= 15 is 0 Å². The fourth-order valence-electron chi connectivity index (χ4n) is 6.05. The van der Waals surface area contributed by atoms with Gasteiger partial charge in [0.25, 0.3) is 0 Å². The molecule has 0 spiro atoms. The highest BCUT2D eigenvalue weighted by atomic mass is 35.5. The molecular weight excluding hydrogens is 535 g/mol. The van der Waals surface area contributed by atoms with Crippen molar-refractivity contribution in [1.29, 1.82) is 0 Å². The molecule has 0 radical (unpaired) electrons. The number of benzene rings is 2. The zero-order valence-corrected chi connectivity index (χ0v) is 22.4. The molecule has 3 atom stereocenters. The molecule has 1 N–H and O–H groups in total. The number of likely N-dealkylation sites (tertiary alicyclic amines) is 1. The number of hydrogen-bond acceptors (Lipinski definition) is 6. The fraction of sp³-hybridized carbons (Fsp3) is 0.310. The average molecular weight is 561 g/mol. The number of hydrogen-bond donors (Lipinski definition) is 1. The predicted molar refractivity (Wildman–Crippen MR) is 146 cm³/mol. The number of nitrogens with one attached hydrogen (secondary N) is 1. The zero-order chi connectivity index (χ0) is 28.0. The molecule has 0 unspecified atom stereocenters. The van der Waals surface area contributed by atoms with Crippen LogP contribution in [0.15, 0.2) is 55.1 Å². The van der Waals surface area contributed by atoms with Crippen molar-refractivity contribution < 1.29 is 18.8 Å². The summed E-state index contributed by atoms with van der Waals surface area (Å²) in [5.41, 5.74) is 2.81. The number of rotatable bonds is 7. The van der Waals surface area contributed by atoms with Gasteiger partial charge in [-0.1, -0.05) is 29.8 Å². The first-order valence-corrected chi connectivity index (χ1v) is 13.5. The molecule has 1 saturated heterocycles. The summed E-state index contributed by atoms with van der Waals surface area (Å²) < 4.78 is 15.9. The van der Waals surface area contributed by atoms with Crippen LogP contribution in [-0.2, 0) is 22.7 Å². The van der Waals surface area contributed by atoms with Crippen LogP contribution in [0.2, 0.25) is 5.02 Å². The quantitative estimate of drug-likeness (QED) is 0.340. The number of piperidine rings is 1. The second kappa shape index (κ2) is 10.4. The summed E-state index contributed by atoms with van der Waals surface area (Å²) in [5, 5.41) is 7.92. The topological polar surface area (TPSA) is 110 Å². The van der Waals surface area contributed by atoms with Crippen molar-refractivity contribution in [3.05, 3.63) is 77.2 Å². The molecule has 2 aromatic heterocycles. The van der Waals surface area contributed by atoms with Gasteiger partial charge in [0.15, 0.2) is 5.78 Å². The summed E-state index contributed by atoms with van der Waals surface area (Å²) in [5.74, 6) is -1.31. The molecule has 11 heteroatoms. The van der Waals surface area contributed by atoms with Crippen molar-refractivity contribution in [2.75, 3.05) is 0 Å². The van der Waals surface area contributed by atoms with Gasteiger partial charge >= 0.3 is 0 Å². The number of ketones is 1. The monoisotopic (exact) mass is 560 g/mol. The fourth-order valence-corrected chi connectivity index (χ4v) is 6.25. The third-order valence-electron chi connectivity index (χ3n) is 7.89. The standard InChI is InChI=1S/C29H26ClFN6O3/c1-16(38)27-22-10-17(20-11-32-15-33-12-20)6-8-24(22)36(35-27)14-25(39)37-21-7-5-18(9-21)28(37)29(40)34-13-19-3-2-4-23(30)26(19)31/h2-4,6,8,10-12,15,18,21,28H,5,7,9,13-14H2,1H3,(H,34,40)/t18-,21+,28-/m0/s1. The van der Waals surface area contributed by atoms with Crippen LogP contribution in [0.1, 0.15) is 42.2 Å². The highest BCUT2D eigenvalue weighted by Crippen LogP contribution is 2.43. The Balaban J connectivity index is 1.25. The number of aromatic nitrogens is 4. The molecule has 2 fully saturated rings. The molecule has 2 aliphatic rings. The third-order valence-corrected chi connectivity index (χ3v) is 8.18. The van der Waals surface area contributed by atoms with Crippen molar-refractivity contribution >= 4 is 40.1 Å². The minimum absolute atomic E-state index is 0.0101. The molecule has 2 amide bonds. The number of nitrogens with zero attached hydrogens (tertiary/aromatic N) is 5. The van der Waals surface area contributed by atoms with E-state index < -0.39 is 11.9 Å². The minimum Gasteiger partial charge on any atom is -0.350 e. The van der Waals surface area contributed by atoms with Gasteiger partial charge in [-0.25, -0.2) is 14.4 Å². The van der Waals surface area contributed by atoms with E-state index in [0.717, 1.165) is 30.4 Å². The van der Waals surface area contributed by atoms with Gasteiger partial charge < -0.3 is 10.2 Å². The van der Waals surface area contributed by atoms with Gasteiger partial charge in [0.05, 0.1) is 10.5 Å². The number of Topliss-reactive ketones (excluding diaryl/α,β-unsaturated/α-hetero) is 1. The molecule has 1 aliphatic heterocycles. The van der Waals surface area contributed by atoms with E-state index in [1.54, 1.807) is 29.4 Å². The van der Waals surface area contributed by atoms with Gasteiger partial charge in [0, 0.05) is 48.4 Å². The van der Waals surface area contributed by atoms with Crippen molar-refractivity contribution in [1.82, 2.24) is 30.0 Å². The first-order valence-electron chi connectivity index (χ1n) is 13.1. The Hall–Kier alpha value is -4.18. The van der Waals surface area contributed by atoms with Crippen LogP contribution in [0.3, 0.4) is 0 Å². The van der Waals surface area contributed by atoms with Crippen LogP contribution >= 0.6 is 11.6 Å². The molecule has 2 bridgehead atoms. The second-order valence-corrected chi connectivity index (χ2v) is 10.7. The summed E-state index contributed by atoms with van der Waals surface area (Å²) in [6, 6.07) is 9.49. The van der Waals surface area contributed by atoms with Crippen LogP contribution in [0.5, 0.6) is 0 Å². The molecule has 1 aliphatic carbocycles. The summed E-state index contributed by atoms with van der Waals surface area (Å²) in [6.45, 7) is 1.30. The molecule has 1 saturated carbocycles. The van der Waals surface area contributed by atoms with Crippen LogP contribution in [-0.4, -0.2) is 54.3 Å². The lowest BCUT2D eigenvalue weighted by molar-refractivity contribution is -0.143. The largest absolute Gasteiger partial charge is 0.350 e. The van der Waals surface area contributed by atoms with Gasteiger partial charge in [-0.15, -0.1) is 0 Å². The molecule has 2 aromatic carbocycles. The van der Waals surface area contributed by atoms with Crippen LogP contribution < -0.4 is 5.32 Å². The average Bonchev–Trinajstić information content (AvgIpc) is 3.67. The predicted octanol–water partition coefficient (Wildman–Crippen LogP) is 4.18. The van der Waals surface area contributed by atoms with E-state index in [9.17, 15) is 18.8 Å². The lowest BCUT2D eigenvalue weighted by atomic mass is 9.97. The molecule has 40 heavy (non-hydrogen) atoms. The zero-order valence-electron chi connectivity index (χ0n) is 21.7. The van der Waals surface area contributed by atoms with Gasteiger partial charge in [0.1, 0.15) is 30.4 Å². The van der Waals surface area contributed by atoms with Crippen molar-refractivity contribution in [3.63, 3.8) is 0 Å². The van der Waals surface area contributed by atoms with Crippen molar-refractivity contribution in [2.24, 2.45) is 5.92 Å². The van der Waals surface area contributed by atoms with Gasteiger partial charge in [0.2, 0.25) is 11.8 Å². The number of halogens is 2. The first kappa shape index (κ1) is 26.1. The van der Waals surface area contributed by atoms with Crippen LogP contribution in [0.4, 0.5) is 4.39 Å². The number of carbonyl (C=O) groups is 3. The van der Waals surface area contributed by atoms with E-state index in [1.165, 1.54) is 24.0 Å². The van der Waals surface area contributed by atoms with Gasteiger partial charge in [-0.05, 0) is 48.9 Å². The van der Waals surface area contributed by atoms with E-state index in [1.807, 2.05) is 18.2 Å². The minimum atomic E-state index is -0.646. The van der Waals surface area contributed by atoms with E-state index in [0.29, 0.717) is 10.9 Å². The van der Waals surface area contributed by atoms with E-state index in [2.05, 4.69) is 20.4 Å². The maximum absolute atomic E-state index is 14.3. The Morgan fingerprint density at radius 3 is 2.67 bits per heavy atom. The van der Waals surface area contributed by atoms with Crippen molar-refractivity contribution in [3.8, 4) is 11.1 Å². The lowest BCUT2D eigenvalue weighted by Crippen LogP contribution is -2.53. The number of amides is 2. The van der Waals surface area contributed by atoms with Gasteiger partial charge in [-0.2, -0.15) is 5.10 Å². The Morgan fingerprint density at radius 1 is 1.10 bits per heavy atom. The number of carbonyl (C=O) groups excluding carboxylic acids is 3. The molecule has 9 nitrogen and oxygen atoms in total. The summed E-state index contributed by atoms with van der Waals surface area (Å²) >= 11 is 5.88. The maximum Gasteiger partial charge on any atom is 0.245 e. The highest BCUT2D eigenvalue weighted by Gasteiger charge is 2.51. The smallest absolute Gasteiger partial charge is 0.245 e. The Labute approximate surface area is 234 Å². The molecule has 204 valence electrons. The Morgan fingerprint density at radius 2 is 1.90 bits per heavy atom. The second-order valence-electron chi connectivity index (χ2n) is 10.3. The first-order chi connectivity index (χ1) is 19.3. The normalized spacial score (nSPS) is 19.8. The molecule has 6 rings (SSSR count). The molecule has 4 aromatic rings. The van der Waals surface area contributed by atoms with Crippen LogP contribution in [0.25, 0.3) is 22.0 Å². The van der Waals surface area contributed by atoms with E-state index in [-0.39, 0.29) is 58.9 Å². The Bertz CT molecular complexity index is 1640. The molecular formula is C29H26ClFN6O3. The van der Waals surface area contributed by atoms with Gasteiger partial charge in [-0.3, -0.25) is 19.1 Å². The van der Waals surface area contributed by atoms with E-state index in [4.69, 9.17) is 11.6 Å². The third kappa shape index (κ3) is 4.62. The maximum atomic E-state index is 14.3. The highest BCUT2D eigenvalue weighted by molar-refractivity contribution is 6.30. The number of fused-ring (bicyclic) bond motifs is 3.